The molecule has 0 aromatic carbocycles. The Bertz CT molecular complexity index is 1260. The minimum atomic E-state index is -1.19. The second kappa shape index (κ2) is 8.68. The molecule has 4 aromatic rings. The van der Waals surface area contributed by atoms with E-state index in [0.717, 1.165) is 33.8 Å². The van der Waals surface area contributed by atoms with Gasteiger partial charge in [0.1, 0.15) is 31.3 Å². The molecule has 1 atom stereocenters. The SMILES string of the molecule is CCCCS(=O)c1sc2nc(-c3nccs3)cc(-c3c(C(C)C)nc(C)n3O)c2c1N. The Morgan fingerprint density at radius 2 is 2.10 bits per heavy atom. The van der Waals surface area contributed by atoms with Gasteiger partial charge in [0.05, 0.1) is 22.2 Å². The van der Waals surface area contributed by atoms with Crippen LogP contribution in [0.2, 0.25) is 0 Å². The molecule has 1 unspecified atom stereocenters. The third-order valence-electron chi connectivity index (χ3n) is 5.05. The summed E-state index contributed by atoms with van der Waals surface area (Å²) in [4.78, 5) is 14.5. The first-order valence-electron chi connectivity index (χ1n) is 10.1. The second-order valence-corrected chi connectivity index (χ2v) is 11.3. The smallest absolute Gasteiger partial charge is 0.142 e. The number of hydrogen-bond acceptors (Lipinski definition) is 8. The molecule has 10 heteroatoms. The number of aryl methyl sites for hydroxylation is 1. The lowest BCUT2D eigenvalue weighted by Crippen LogP contribution is -2.01. The summed E-state index contributed by atoms with van der Waals surface area (Å²) in [5.74, 6) is 1.16. The third-order valence-corrected chi connectivity index (χ3v) is 8.84. The van der Waals surface area contributed by atoms with Gasteiger partial charge < -0.3 is 10.9 Å². The molecule has 31 heavy (non-hydrogen) atoms. The van der Waals surface area contributed by atoms with Crippen LogP contribution in [0.4, 0.5) is 5.69 Å². The zero-order valence-electron chi connectivity index (χ0n) is 17.9. The first-order chi connectivity index (χ1) is 14.8. The van der Waals surface area contributed by atoms with Crippen molar-refractivity contribution in [3.05, 3.63) is 29.2 Å². The highest BCUT2D eigenvalue weighted by atomic mass is 32.2. The Morgan fingerprint density at radius 1 is 1.32 bits per heavy atom. The molecule has 0 amide bonds. The van der Waals surface area contributed by atoms with Gasteiger partial charge in [-0.15, -0.1) is 22.7 Å². The lowest BCUT2D eigenvalue weighted by molar-refractivity contribution is 0.183. The molecule has 7 nitrogen and oxygen atoms in total. The van der Waals surface area contributed by atoms with E-state index in [0.29, 0.717) is 43.1 Å². The maximum atomic E-state index is 12.9. The molecule has 4 heterocycles. The van der Waals surface area contributed by atoms with Crippen LogP contribution in [0.1, 0.15) is 51.0 Å². The van der Waals surface area contributed by atoms with E-state index in [-0.39, 0.29) is 5.92 Å². The number of thiophene rings is 1. The number of nitrogens with zero attached hydrogens (tertiary/aromatic N) is 4. The van der Waals surface area contributed by atoms with Crippen molar-refractivity contribution in [1.29, 1.82) is 0 Å². The average Bonchev–Trinajstić information content (AvgIpc) is 3.45. The van der Waals surface area contributed by atoms with E-state index in [1.165, 1.54) is 22.7 Å². The van der Waals surface area contributed by atoms with Crippen LogP contribution in [0.3, 0.4) is 0 Å². The topological polar surface area (TPSA) is 107 Å². The Balaban J connectivity index is 2.04. The summed E-state index contributed by atoms with van der Waals surface area (Å²) < 4.78 is 14.7. The lowest BCUT2D eigenvalue weighted by atomic mass is 10.0. The number of rotatable bonds is 7. The molecule has 3 N–H and O–H groups in total. The van der Waals surface area contributed by atoms with E-state index >= 15 is 0 Å². The first kappa shape index (κ1) is 21.9. The molecule has 164 valence electrons. The monoisotopic (exact) mass is 475 g/mol. The van der Waals surface area contributed by atoms with Gasteiger partial charge in [0.25, 0.3) is 0 Å². The summed E-state index contributed by atoms with van der Waals surface area (Å²) in [5, 5.41) is 14.2. The number of fused-ring (bicyclic) bond motifs is 1. The van der Waals surface area contributed by atoms with Gasteiger partial charge in [-0.25, -0.2) is 15.0 Å². The molecule has 0 radical (unpaired) electrons. The van der Waals surface area contributed by atoms with E-state index in [9.17, 15) is 9.42 Å². The van der Waals surface area contributed by atoms with Gasteiger partial charge in [0.15, 0.2) is 0 Å². The van der Waals surface area contributed by atoms with Crippen LogP contribution in [0, 0.1) is 6.92 Å². The van der Waals surface area contributed by atoms with Crippen LogP contribution in [0.5, 0.6) is 0 Å². The number of aromatic nitrogens is 4. The van der Waals surface area contributed by atoms with Gasteiger partial charge >= 0.3 is 0 Å². The molecule has 0 spiro atoms. The molecule has 0 aliphatic carbocycles. The highest BCUT2D eigenvalue weighted by molar-refractivity contribution is 7.87. The lowest BCUT2D eigenvalue weighted by Gasteiger charge is -2.11. The van der Waals surface area contributed by atoms with E-state index in [4.69, 9.17) is 10.7 Å². The first-order valence-corrected chi connectivity index (χ1v) is 13.1. The molecule has 0 aliphatic heterocycles. The molecule has 0 aliphatic rings. The fraction of sp³-hybridized carbons (Fsp3) is 0.381. The highest BCUT2D eigenvalue weighted by Crippen LogP contribution is 2.44. The predicted octanol–water partition coefficient (Wildman–Crippen LogP) is 5.44. The van der Waals surface area contributed by atoms with Crippen molar-refractivity contribution in [3.63, 3.8) is 0 Å². The van der Waals surface area contributed by atoms with Crippen molar-refractivity contribution in [2.45, 2.75) is 50.7 Å². The molecule has 0 fully saturated rings. The van der Waals surface area contributed by atoms with Crippen molar-refractivity contribution >= 4 is 49.4 Å². The van der Waals surface area contributed by atoms with E-state index < -0.39 is 10.8 Å². The molecule has 0 saturated heterocycles. The van der Waals surface area contributed by atoms with Crippen molar-refractivity contribution in [2.75, 3.05) is 11.5 Å². The van der Waals surface area contributed by atoms with Gasteiger partial charge in [-0.3, -0.25) is 4.21 Å². The number of anilines is 1. The summed E-state index contributed by atoms with van der Waals surface area (Å²) in [6.45, 7) is 7.91. The third kappa shape index (κ3) is 3.88. The van der Waals surface area contributed by atoms with Gasteiger partial charge in [0, 0.05) is 28.3 Å². The molecular weight excluding hydrogens is 450 g/mol. The van der Waals surface area contributed by atoms with Crippen LogP contribution in [0.25, 0.3) is 32.2 Å². The Morgan fingerprint density at radius 3 is 2.74 bits per heavy atom. The zero-order chi connectivity index (χ0) is 22.3. The summed E-state index contributed by atoms with van der Waals surface area (Å²) >= 11 is 2.85. The number of imidazole rings is 1. The molecular formula is C21H25N5O2S3. The van der Waals surface area contributed by atoms with Gasteiger partial charge in [0.2, 0.25) is 0 Å². The van der Waals surface area contributed by atoms with Crippen LogP contribution in [-0.4, -0.2) is 34.9 Å². The van der Waals surface area contributed by atoms with Crippen molar-refractivity contribution in [1.82, 2.24) is 19.7 Å². The highest BCUT2D eigenvalue weighted by Gasteiger charge is 2.26. The van der Waals surface area contributed by atoms with Crippen LogP contribution >= 0.6 is 22.7 Å². The van der Waals surface area contributed by atoms with E-state index in [1.54, 1.807) is 13.1 Å². The summed E-state index contributed by atoms with van der Waals surface area (Å²) in [6, 6.07) is 1.90. The maximum absolute atomic E-state index is 12.9. The number of unbranched alkanes of at least 4 members (excludes halogenated alkanes) is 1. The van der Waals surface area contributed by atoms with Crippen LogP contribution in [-0.2, 0) is 10.8 Å². The molecule has 4 rings (SSSR count). The summed E-state index contributed by atoms with van der Waals surface area (Å²) in [6.07, 6.45) is 3.57. The fourth-order valence-electron chi connectivity index (χ4n) is 3.48. The molecule has 0 saturated carbocycles. The Kier molecular flexibility index (Phi) is 6.14. The fourth-order valence-corrected chi connectivity index (χ4v) is 6.88. The quantitative estimate of drug-likeness (QED) is 0.345. The number of hydrogen-bond donors (Lipinski definition) is 2. The summed E-state index contributed by atoms with van der Waals surface area (Å²) in [7, 11) is -1.19. The van der Waals surface area contributed by atoms with E-state index in [2.05, 4.69) is 16.9 Å². The number of nitrogen functional groups attached to an aromatic ring is 1. The zero-order valence-corrected chi connectivity index (χ0v) is 20.3. The van der Waals surface area contributed by atoms with Gasteiger partial charge in [-0.1, -0.05) is 27.2 Å². The van der Waals surface area contributed by atoms with Gasteiger partial charge in [-0.05, 0) is 25.3 Å². The Hall–Kier alpha value is -2.30. The van der Waals surface area contributed by atoms with Gasteiger partial charge in [-0.2, -0.15) is 4.73 Å². The van der Waals surface area contributed by atoms with Crippen molar-refractivity contribution in [2.24, 2.45) is 0 Å². The number of nitrogens with two attached hydrogens (primary N) is 1. The molecule has 4 aromatic heterocycles. The summed E-state index contributed by atoms with van der Waals surface area (Å²) in [5.41, 5.74) is 9.81. The van der Waals surface area contributed by atoms with Crippen molar-refractivity contribution < 1.29 is 9.42 Å². The van der Waals surface area contributed by atoms with Crippen LogP contribution < -0.4 is 5.73 Å². The predicted molar refractivity (Wildman–Crippen MR) is 129 cm³/mol. The van der Waals surface area contributed by atoms with E-state index in [1.807, 2.05) is 25.3 Å². The standard InChI is InChI=1S/C21H25N5O2S3/c1-5-6-9-31(28)21-16(22)15-13(18-17(11(2)3)24-12(4)26(18)27)10-14(25-20(15)30-21)19-23-7-8-29-19/h7-8,10-11,27H,5-6,9,22H2,1-4H3. The maximum Gasteiger partial charge on any atom is 0.142 e. The largest absolute Gasteiger partial charge is 0.427 e. The van der Waals surface area contributed by atoms with Crippen LogP contribution in [0.15, 0.2) is 21.9 Å². The number of thiazole rings is 1. The minimum Gasteiger partial charge on any atom is -0.427 e. The Labute approximate surface area is 191 Å². The van der Waals surface area contributed by atoms with Crippen molar-refractivity contribution in [3.8, 4) is 22.0 Å². The minimum absolute atomic E-state index is 0.0895. The molecule has 0 bridgehead atoms. The normalized spacial score (nSPS) is 12.8. The number of pyridine rings is 1. The second-order valence-electron chi connectivity index (χ2n) is 7.64. The average molecular weight is 476 g/mol.